The third-order valence-electron chi connectivity index (χ3n) is 5.45. The number of anilines is 1. The zero-order valence-corrected chi connectivity index (χ0v) is 16.8. The molecule has 9 nitrogen and oxygen atoms in total. The Morgan fingerprint density at radius 3 is 2.58 bits per heavy atom. The second-order valence-corrected chi connectivity index (χ2v) is 7.34. The number of nitrogens with one attached hydrogen (secondary N) is 1. The summed E-state index contributed by atoms with van der Waals surface area (Å²) in [5, 5.41) is 6.86. The van der Waals surface area contributed by atoms with Crippen molar-refractivity contribution in [3.8, 4) is 0 Å². The van der Waals surface area contributed by atoms with E-state index in [0.717, 1.165) is 10.9 Å². The topological polar surface area (TPSA) is 92.8 Å². The van der Waals surface area contributed by atoms with Gasteiger partial charge in [0.05, 0.1) is 25.1 Å². The highest BCUT2D eigenvalue weighted by Gasteiger charge is 2.48. The fraction of sp³-hybridized carbons (Fsp3) is 0.526. The van der Waals surface area contributed by atoms with Crippen LogP contribution in [-0.4, -0.2) is 70.5 Å². The number of carbonyl (C=O) groups is 2. The number of nitrogens with zero attached hydrogens (tertiary/aromatic N) is 4. The van der Waals surface area contributed by atoms with Crippen LogP contribution in [0.5, 0.6) is 0 Å². The van der Waals surface area contributed by atoms with Gasteiger partial charge in [-0.05, 0) is 19.1 Å². The normalized spacial score (nSPS) is 21.4. The van der Waals surface area contributed by atoms with Crippen molar-refractivity contribution >= 4 is 17.8 Å². The molecule has 2 aliphatic rings. The predicted octanol–water partition coefficient (Wildman–Crippen LogP) is 3.05. The van der Waals surface area contributed by atoms with Gasteiger partial charge in [0.2, 0.25) is 0 Å². The molecule has 2 aromatic rings. The zero-order chi connectivity index (χ0) is 22.2. The van der Waals surface area contributed by atoms with E-state index in [1.807, 2.05) is 0 Å². The number of ether oxygens (including phenoxy) is 1. The summed E-state index contributed by atoms with van der Waals surface area (Å²) in [6.45, 7) is 3.00. The van der Waals surface area contributed by atoms with Gasteiger partial charge in [0.1, 0.15) is 17.1 Å². The van der Waals surface area contributed by atoms with Crippen molar-refractivity contribution in [2.75, 3.05) is 38.1 Å². The molecule has 168 valence electrons. The second-order valence-electron chi connectivity index (χ2n) is 7.34. The van der Waals surface area contributed by atoms with Crippen LogP contribution in [0.15, 0.2) is 29.0 Å². The van der Waals surface area contributed by atoms with Gasteiger partial charge in [-0.2, -0.15) is 18.3 Å². The lowest BCUT2D eigenvalue weighted by molar-refractivity contribution is -0.174. The van der Waals surface area contributed by atoms with E-state index in [1.54, 1.807) is 19.1 Å². The maximum absolute atomic E-state index is 13.7. The van der Waals surface area contributed by atoms with Crippen LogP contribution in [0.1, 0.15) is 41.5 Å². The molecule has 2 aliphatic heterocycles. The molecule has 0 spiro atoms. The summed E-state index contributed by atoms with van der Waals surface area (Å²) in [5.74, 6) is -0.0887. The zero-order valence-electron chi connectivity index (χ0n) is 16.8. The minimum Gasteiger partial charge on any atom is -0.467 e. The summed E-state index contributed by atoms with van der Waals surface area (Å²) in [4.78, 5) is 27.9. The van der Waals surface area contributed by atoms with Gasteiger partial charge in [0, 0.05) is 32.6 Å². The summed E-state index contributed by atoms with van der Waals surface area (Å²) < 4.78 is 52.2. The Morgan fingerprint density at radius 1 is 1.26 bits per heavy atom. The van der Waals surface area contributed by atoms with E-state index in [2.05, 4.69) is 10.4 Å². The van der Waals surface area contributed by atoms with Crippen LogP contribution in [0, 0.1) is 0 Å². The van der Waals surface area contributed by atoms with Gasteiger partial charge in [0.15, 0.2) is 6.04 Å². The number of alkyl halides is 3. The van der Waals surface area contributed by atoms with Crippen molar-refractivity contribution < 1.29 is 31.9 Å². The lowest BCUT2D eigenvalue weighted by Gasteiger charge is -2.35. The lowest BCUT2D eigenvalue weighted by Crippen LogP contribution is -2.50. The van der Waals surface area contributed by atoms with Gasteiger partial charge in [-0.3, -0.25) is 4.79 Å². The quantitative estimate of drug-likeness (QED) is 0.787. The molecule has 0 aromatic carbocycles. The maximum Gasteiger partial charge on any atom is 0.410 e. The van der Waals surface area contributed by atoms with E-state index in [9.17, 15) is 22.8 Å². The fourth-order valence-corrected chi connectivity index (χ4v) is 3.87. The van der Waals surface area contributed by atoms with Crippen molar-refractivity contribution in [1.82, 2.24) is 19.6 Å². The van der Waals surface area contributed by atoms with Gasteiger partial charge in [-0.15, -0.1) is 0 Å². The SMILES string of the molecule is CCOC(=O)N1CCN(C(=O)c2cnn3c2N[C@@H](c2ccco2)C[C@H]3C(F)(F)F)CC1. The Morgan fingerprint density at radius 2 is 1.97 bits per heavy atom. The fourth-order valence-electron chi connectivity index (χ4n) is 3.87. The predicted molar refractivity (Wildman–Crippen MR) is 102 cm³/mol. The standard InChI is InChI=1S/C19H22F3N5O4/c1-2-30-18(29)26-7-5-25(6-8-26)17(28)12-11-23-27-15(19(20,21)22)10-13(24-16(12)27)14-4-3-9-31-14/h3-4,9,11,13,15,24H,2,5-8,10H2,1H3/t13-,15+/m1/s1. The van der Waals surface area contributed by atoms with E-state index in [1.165, 1.54) is 16.1 Å². The Bertz CT molecular complexity index is 935. The van der Waals surface area contributed by atoms with Crippen LogP contribution in [-0.2, 0) is 4.74 Å². The molecule has 0 unspecified atom stereocenters. The minimum atomic E-state index is -4.54. The summed E-state index contributed by atoms with van der Waals surface area (Å²) in [6.07, 6.45) is -2.75. The van der Waals surface area contributed by atoms with Gasteiger partial charge in [0.25, 0.3) is 5.91 Å². The summed E-state index contributed by atoms with van der Waals surface area (Å²) in [5.41, 5.74) is 0.0510. The Kier molecular flexibility index (Phi) is 5.54. The van der Waals surface area contributed by atoms with Crippen molar-refractivity contribution in [2.45, 2.75) is 31.6 Å². The average molecular weight is 441 g/mol. The maximum atomic E-state index is 13.7. The highest BCUT2D eigenvalue weighted by atomic mass is 19.4. The molecule has 12 heteroatoms. The highest BCUT2D eigenvalue weighted by molar-refractivity contribution is 5.99. The number of furan rings is 1. The molecule has 0 bridgehead atoms. The highest BCUT2D eigenvalue weighted by Crippen LogP contribution is 2.44. The first-order valence-electron chi connectivity index (χ1n) is 9.94. The molecule has 4 heterocycles. The molecule has 4 rings (SSSR count). The number of amides is 2. The third-order valence-corrected chi connectivity index (χ3v) is 5.45. The van der Waals surface area contributed by atoms with Gasteiger partial charge >= 0.3 is 12.3 Å². The molecule has 1 saturated heterocycles. The smallest absolute Gasteiger partial charge is 0.410 e. The molecule has 0 aliphatic carbocycles. The average Bonchev–Trinajstić information content (AvgIpc) is 3.42. The summed E-state index contributed by atoms with van der Waals surface area (Å²) in [6, 6.07) is 0.549. The lowest BCUT2D eigenvalue weighted by atomic mass is 10.0. The molecule has 1 fully saturated rings. The van der Waals surface area contributed by atoms with E-state index >= 15 is 0 Å². The number of hydrogen-bond donors (Lipinski definition) is 1. The molecular formula is C19H22F3N5O4. The van der Waals surface area contributed by atoms with Crippen molar-refractivity contribution in [3.63, 3.8) is 0 Å². The molecular weight excluding hydrogens is 419 g/mol. The van der Waals surface area contributed by atoms with Gasteiger partial charge in [-0.25, -0.2) is 9.48 Å². The van der Waals surface area contributed by atoms with Crippen LogP contribution in [0.4, 0.5) is 23.8 Å². The van der Waals surface area contributed by atoms with E-state index in [0.29, 0.717) is 5.76 Å². The number of aromatic nitrogens is 2. The monoisotopic (exact) mass is 441 g/mol. The Balaban J connectivity index is 1.55. The molecule has 1 N–H and O–H groups in total. The molecule has 2 aromatic heterocycles. The molecule has 0 saturated carbocycles. The van der Waals surface area contributed by atoms with Crippen molar-refractivity contribution in [2.24, 2.45) is 0 Å². The van der Waals surface area contributed by atoms with Crippen LogP contribution in [0.2, 0.25) is 0 Å². The molecule has 0 radical (unpaired) electrons. The number of halogens is 3. The largest absolute Gasteiger partial charge is 0.467 e. The van der Waals surface area contributed by atoms with Crippen LogP contribution in [0.25, 0.3) is 0 Å². The van der Waals surface area contributed by atoms with E-state index in [4.69, 9.17) is 9.15 Å². The summed E-state index contributed by atoms with van der Waals surface area (Å²) in [7, 11) is 0. The van der Waals surface area contributed by atoms with Gasteiger partial charge in [-0.1, -0.05) is 0 Å². The number of piperazine rings is 1. The molecule has 2 atom stereocenters. The van der Waals surface area contributed by atoms with Crippen molar-refractivity contribution in [3.05, 3.63) is 35.9 Å². The minimum absolute atomic E-state index is 0.00722. The Labute approximate surface area is 175 Å². The summed E-state index contributed by atoms with van der Waals surface area (Å²) >= 11 is 0. The Hall–Kier alpha value is -3.18. The first kappa shape index (κ1) is 21.1. The number of fused-ring (bicyclic) bond motifs is 1. The second kappa shape index (κ2) is 8.16. The first-order chi connectivity index (χ1) is 14.8. The van der Waals surface area contributed by atoms with Gasteiger partial charge < -0.3 is 24.3 Å². The number of rotatable bonds is 3. The first-order valence-corrected chi connectivity index (χ1v) is 9.94. The number of hydrogen-bond acceptors (Lipinski definition) is 6. The molecule has 2 amide bonds. The third kappa shape index (κ3) is 4.06. The van der Waals surface area contributed by atoms with E-state index < -0.39 is 30.3 Å². The van der Waals surface area contributed by atoms with Crippen molar-refractivity contribution in [1.29, 1.82) is 0 Å². The van der Waals surface area contributed by atoms with E-state index in [-0.39, 0.29) is 50.6 Å². The number of carbonyl (C=O) groups excluding carboxylic acids is 2. The van der Waals surface area contributed by atoms with Crippen LogP contribution < -0.4 is 5.32 Å². The van der Waals surface area contributed by atoms with Crippen LogP contribution >= 0.6 is 0 Å². The molecule has 31 heavy (non-hydrogen) atoms. The van der Waals surface area contributed by atoms with Crippen LogP contribution in [0.3, 0.4) is 0 Å².